The zero-order valence-electron chi connectivity index (χ0n) is 11.8. The van der Waals surface area contributed by atoms with E-state index in [0.29, 0.717) is 11.5 Å². The van der Waals surface area contributed by atoms with Gasteiger partial charge in [0.05, 0.1) is 10.6 Å². The first-order valence-corrected chi connectivity index (χ1v) is 8.36. The first-order chi connectivity index (χ1) is 9.29. The molecule has 0 radical (unpaired) electrons. The van der Waals surface area contributed by atoms with Crippen LogP contribution in [-0.2, 0) is 10.0 Å². The van der Waals surface area contributed by atoms with Crippen LogP contribution >= 0.6 is 0 Å². The molecule has 0 aliphatic heterocycles. The fraction of sp³-hybridized carbons (Fsp3) is 0.571. The van der Waals surface area contributed by atoms with E-state index in [0.717, 1.165) is 31.7 Å². The number of sulfonamides is 1. The molecule has 112 valence electrons. The Labute approximate surface area is 119 Å². The Balaban J connectivity index is 2.20. The summed E-state index contributed by atoms with van der Waals surface area (Å²) in [5.74, 6) is 0.0619. The van der Waals surface area contributed by atoms with Gasteiger partial charge in [0.15, 0.2) is 0 Å². The minimum Gasteiger partial charge on any atom is -0.396 e. The second-order valence-electron chi connectivity index (χ2n) is 5.72. The third kappa shape index (κ3) is 3.30. The Morgan fingerprint density at radius 2 is 1.85 bits per heavy atom. The second-order valence-corrected chi connectivity index (χ2v) is 7.40. The van der Waals surface area contributed by atoms with Crippen LogP contribution in [0.4, 0.5) is 10.1 Å². The molecule has 0 saturated heterocycles. The van der Waals surface area contributed by atoms with Crippen molar-refractivity contribution < 1.29 is 12.8 Å². The van der Waals surface area contributed by atoms with Crippen LogP contribution in [0.3, 0.4) is 0 Å². The number of nitrogens with one attached hydrogen (secondary N) is 1. The second kappa shape index (κ2) is 5.69. The number of rotatable bonds is 3. The Kier molecular flexibility index (Phi) is 4.34. The van der Waals surface area contributed by atoms with Crippen LogP contribution in [0.25, 0.3) is 0 Å². The van der Waals surface area contributed by atoms with Crippen molar-refractivity contribution in [3.05, 3.63) is 23.5 Å². The highest BCUT2D eigenvalue weighted by Crippen LogP contribution is 2.26. The maximum atomic E-state index is 13.3. The third-order valence-corrected chi connectivity index (χ3v) is 5.58. The van der Waals surface area contributed by atoms with E-state index in [1.54, 1.807) is 6.92 Å². The van der Waals surface area contributed by atoms with Gasteiger partial charge < -0.3 is 5.73 Å². The summed E-state index contributed by atoms with van der Waals surface area (Å²) < 4.78 is 40.8. The van der Waals surface area contributed by atoms with Gasteiger partial charge in [0.2, 0.25) is 10.0 Å². The third-order valence-electron chi connectivity index (χ3n) is 3.92. The minimum absolute atomic E-state index is 0.0399. The molecule has 1 saturated carbocycles. The first-order valence-electron chi connectivity index (χ1n) is 6.87. The largest absolute Gasteiger partial charge is 0.396 e. The van der Waals surface area contributed by atoms with Gasteiger partial charge in [0.25, 0.3) is 0 Å². The van der Waals surface area contributed by atoms with Crippen molar-refractivity contribution in [1.29, 1.82) is 0 Å². The van der Waals surface area contributed by atoms with E-state index < -0.39 is 15.8 Å². The maximum absolute atomic E-state index is 13.3. The highest BCUT2D eigenvalue weighted by molar-refractivity contribution is 7.89. The molecule has 0 spiro atoms. The Morgan fingerprint density at radius 1 is 1.25 bits per heavy atom. The number of hydrogen-bond acceptors (Lipinski definition) is 3. The fourth-order valence-electron chi connectivity index (χ4n) is 2.62. The molecule has 20 heavy (non-hydrogen) atoms. The van der Waals surface area contributed by atoms with E-state index in [-0.39, 0.29) is 16.6 Å². The molecule has 1 aromatic rings. The molecule has 0 atom stereocenters. The average Bonchev–Trinajstić information content (AvgIpc) is 2.36. The quantitative estimate of drug-likeness (QED) is 0.843. The number of nitrogen functional groups attached to an aromatic ring is 1. The highest BCUT2D eigenvalue weighted by Gasteiger charge is 2.25. The molecule has 0 bridgehead atoms. The normalized spacial score (nSPS) is 23.8. The van der Waals surface area contributed by atoms with Crippen LogP contribution in [-0.4, -0.2) is 14.5 Å². The van der Waals surface area contributed by atoms with E-state index in [2.05, 4.69) is 11.6 Å². The number of halogens is 1. The van der Waals surface area contributed by atoms with Gasteiger partial charge in [-0.05, 0) is 56.2 Å². The van der Waals surface area contributed by atoms with E-state index >= 15 is 0 Å². The van der Waals surface area contributed by atoms with Crippen LogP contribution in [0.2, 0.25) is 0 Å². The van der Waals surface area contributed by atoms with Crippen molar-refractivity contribution >= 4 is 15.7 Å². The summed E-state index contributed by atoms with van der Waals surface area (Å²) in [6.07, 6.45) is 3.74. The molecule has 1 aliphatic carbocycles. The number of nitrogens with two attached hydrogens (primary N) is 1. The zero-order valence-corrected chi connectivity index (χ0v) is 12.6. The Bertz CT molecular complexity index is 593. The molecular formula is C14H21FN2O2S. The molecule has 0 unspecified atom stereocenters. The smallest absolute Gasteiger partial charge is 0.241 e. The number of benzene rings is 1. The molecule has 6 heteroatoms. The van der Waals surface area contributed by atoms with Crippen molar-refractivity contribution in [3.8, 4) is 0 Å². The molecule has 0 heterocycles. The van der Waals surface area contributed by atoms with Gasteiger partial charge in [0.1, 0.15) is 5.82 Å². The number of anilines is 1. The Morgan fingerprint density at radius 3 is 2.45 bits per heavy atom. The summed E-state index contributed by atoms with van der Waals surface area (Å²) in [5.41, 5.74) is 5.69. The fourth-order valence-corrected chi connectivity index (χ4v) is 4.19. The summed E-state index contributed by atoms with van der Waals surface area (Å²) in [6.45, 7) is 3.75. The van der Waals surface area contributed by atoms with Crippen molar-refractivity contribution in [2.75, 3.05) is 5.73 Å². The van der Waals surface area contributed by atoms with Crippen LogP contribution in [0, 0.1) is 18.7 Å². The van der Waals surface area contributed by atoms with Crippen molar-refractivity contribution in [3.63, 3.8) is 0 Å². The lowest BCUT2D eigenvalue weighted by Crippen LogP contribution is -2.37. The predicted molar refractivity (Wildman–Crippen MR) is 77.3 cm³/mol. The first kappa shape index (κ1) is 15.3. The molecule has 4 nitrogen and oxygen atoms in total. The molecular weight excluding hydrogens is 279 g/mol. The van der Waals surface area contributed by atoms with Crippen LogP contribution in [0.15, 0.2) is 17.0 Å². The maximum Gasteiger partial charge on any atom is 0.241 e. The van der Waals surface area contributed by atoms with Gasteiger partial charge in [-0.15, -0.1) is 0 Å². The SMILES string of the molecule is Cc1cc(F)c(N)cc1S(=O)(=O)NC1CCC(C)CC1. The lowest BCUT2D eigenvalue weighted by atomic mass is 9.88. The standard InChI is InChI=1S/C14H21FN2O2S/c1-9-3-5-11(6-4-9)17-20(18,19)14-8-13(16)12(15)7-10(14)2/h7-9,11,17H,3-6,16H2,1-2H3. The summed E-state index contributed by atoms with van der Waals surface area (Å²) in [5, 5.41) is 0. The van der Waals surface area contributed by atoms with Crippen LogP contribution in [0.1, 0.15) is 38.2 Å². The molecule has 1 fully saturated rings. The molecule has 2 rings (SSSR count). The van der Waals surface area contributed by atoms with Crippen LogP contribution < -0.4 is 10.5 Å². The summed E-state index contributed by atoms with van der Waals surface area (Å²) in [6, 6.07) is 2.31. The van der Waals surface area contributed by atoms with Crippen molar-refractivity contribution in [1.82, 2.24) is 4.72 Å². The molecule has 0 amide bonds. The van der Waals surface area contributed by atoms with E-state index in [4.69, 9.17) is 5.73 Å². The molecule has 1 aliphatic rings. The van der Waals surface area contributed by atoms with Crippen molar-refractivity contribution in [2.24, 2.45) is 5.92 Å². The highest BCUT2D eigenvalue weighted by atomic mass is 32.2. The summed E-state index contributed by atoms with van der Waals surface area (Å²) in [4.78, 5) is 0.0648. The number of hydrogen-bond donors (Lipinski definition) is 2. The molecule has 3 N–H and O–H groups in total. The number of aryl methyl sites for hydroxylation is 1. The molecule has 0 aromatic heterocycles. The van der Waals surface area contributed by atoms with E-state index in [1.807, 2.05) is 0 Å². The average molecular weight is 300 g/mol. The van der Waals surface area contributed by atoms with E-state index in [9.17, 15) is 12.8 Å². The van der Waals surface area contributed by atoms with Gasteiger partial charge in [-0.3, -0.25) is 0 Å². The molecule has 1 aromatic carbocycles. The van der Waals surface area contributed by atoms with Gasteiger partial charge in [-0.1, -0.05) is 6.92 Å². The van der Waals surface area contributed by atoms with Gasteiger partial charge >= 0.3 is 0 Å². The zero-order chi connectivity index (χ0) is 14.9. The summed E-state index contributed by atoms with van der Waals surface area (Å²) >= 11 is 0. The minimum atomic E-state index is -3.64. The Hall–Kier alpha value is -1.14. The monoisotopic (exact) mass is 300 g/mol. The van der Waals surface area contributed by atoms with Crippen LogP contribution in [0.5, 0.6) is 0 Å². The lowest BCUT2D eigenvalue weighted by molar-refractivity contribution is 0.332. The van der Waals surface area contributed by atoms with E-state index in [1.165, 1.54) is 6.07 Å². The predicted octanol–water partition coefficient (Wildman–Crippen LogP) is 2.57. The van der Waals surface area contributed by atoms with Gasteiger partial charge in [0, 0.05) is 6.04 Å². The lowest BCUT2D eigenvalue weighted by Gasteiger charge is -2.27. The topological polar surface area (TPSA) is 72.2 Å². The van der Waals surface area contributed by atoms with Gasteiger partial charge in [-0.2, -0.15) is 0 Å². The van der Waals surface area contributed by atoms with Gasteiger partial charge in [-0.25, -0.2) is 17.5 Å². The van der Waals surface area contributed by atoms with Crippen molar-refractivity contribution in [2.45, 2.75) is 50.5 Å². The summed E-state index contributed by atoms with van der Waals surface area (Å²) in [7, 11) is -3.64.